The second-order valence-corrected chi connectivity index (χ2v) is 5.93. The van der Waals surface area contributed by atoms with E-state index < -0.39 is 0 Å². The van der Waals surface area contributed by atoms with Crippen molar-refractivity contribution in [1.29, 1.82) is 5.26 Å². The third-order valence-corrected chi connectivity index (χ3v) is 4.41. The zero-order valence-electron chi connectivity index (χ0n) is 12.4. The van der Waals surface area contributed by atoms with Gasteiger partial charge in [-0.2, -0.15) is 5.26 Å². The molecule has 1 fully saturated rings. The smallest absolute Gasteiger partial charge is 0.186 e. The monoisotopic (exact) mass is 316 g/mol. The van der Waals surface area contributed by atoms with Crippen molar-refractivity contribution >= 4 is 11.6 Å². The van der Waals surface area contributed by atoms with E-state index >= 15 is 0 Å². The van der Waals surface area contributed by atoms with Crippen LogP contribution in [0.4, 0.5) is 0 Å². The first kappa shape index (κ1) is 14.9. The van der Waals surface area contributed by atoms with Crippen molar-refractivity contribution < 1.29 is 4.74 Å². The number of halogens is 1. The van der Waals surface area contributed by atoms with Crippen LogP contribution in [0.3, 0.4) is 0 Å². The number of rotatable bonds is 3. The van der Waals surface area contributed by atoms with Crippen LogP contribution in [0.5, 0.6) is 5.75 Å². The molecule has 0 aliphatic heterocycles. The number of benzene rings is 1. The molecule has 0 atom stereocenters. The molecule has 1 aliphatic carbocycles. The molecule has 1 aromatic carbocycles. The normalized spacial score (nSPS) is 15.5. The molecule has 0 amide bonds. The van der Waals surface area contributed by atoms with Crippen molar-refractivity contribution in [3.63, 3.8) is 0 Å². The van der Waals surface area contributed by atoms with Crippen molar-refractivity contribution in [2.75, 3.05) is 7.11 Å². The van der Waals surface area contributed by atoms with Gasteiger partial charge in [0.25, 0.3) is 0 Å². The number of hydrogen-bond donors (Lipinski definition) is 0. The van der Waals surface area contributed by atoms with Crippen LogP contribution in [-0.4, -0.2) is 22.1 Å². The molecule has 0 radical (unpaired) electrons. The number of methoxy groups -OCH3 is 1. The fraction of sp³-hybridized carbons (Fsp3) is 0.438. The predicted molar refractivity (Wildman–Crippen MR) is 83.5 cm³/mol. The highest BCUT2D eigenvalue weighted by molar-refractivity contribution is 6.30. The zero-order valence-corrected chi connectivity index (χ0v) is 13.2. The summed E-state index contributed by atoms with van der Waals surface area (Å²) in [6.07, 6.45) is 5.72. The molecular weight excluding hydrogens is 300 g/mol. The summed E-state index contributed by atoms with van der Waals surface area (Å²) < 4.78 is 7.13. The molecule has 1 aromatic heterocycles. The standard InChI is InChI=1S/C16H17ClN4O/c1-22-15-8-7-12(17)9-14(15)21-16(13(10-18)19-20-21)11-5-3-2-4-6-11/h7-9,11H,2-6H2,1H3. The van der Waals surface area contributed by atoms with Crippen molar-refractivity contribution in [2.24, 2.45) is 0 Å². The number of nitriles is 1. The van der Waals surface area contributed by atoms with E-state index in [2.05, 4.69) is 16.4 Å². The van der Waals surface area contributed by atoms with E-state index in [0.717, 1.165) is 24.2 Å². The Kier molecular flexibility index (Phi) is 4.30. The Labute approximate surface area is 134 Å². The Morgan fingerprint density at radius 2 is 2.09 bits per heavy atom. The maximum atomic E-state index is 9.37. The van der Waals surface area contributed by atoms with Crippen LogP contribution in [0.2, 0.25) is 5.02 Å². The number of nitrogens with zero attached hydrogens (tertiary/aromatic N) is 4. The van der Waals surface area contributed by atoms with Gasteiger partial charge in [-0.05, 0) is 31.0 Å². The Morgan fingerprint density at radius 3 is 2.77 bits per heavy atom. The summed E-state index contributed by atoms with van der Waals surface area (Å²) in [6.45, 7) is 0. The minimum atomic E-state index is 0.307. The van der Waals surface area contributed by atoms with Gasteiger partial charge in [0.05, 0.1) is 12.8 Å². The molecule has 2 aromatic rings. The Balaban J connectivity index is 2.13. The zero-order chi connectivity index (χ0) is 15.5. The maximum absolute atomic E-state index is 9.37. The lowest BCUT2D eigenvalue weighted by molar-refractivity contribution is 0.406. The van der Waals surface area contributed by atoms with Gasteiger partial charge in [0.15, 0.2) is 5.69 Å². The van der Waals surface area contributed by atoms with Crippen LogP contribution < -0.4 is 4.74 Å². The Hall–Kier alpha value is -2.06. The number of hydrogen-bond acceptors (Lipinski definition) is 4. The van der Waals surface area contributed by atoms with E-state index in [4.69, 9.17) is 16.3 Å². The van der Waals surface area contributed by atoms with Crippen LogP contribution in [0.1, 0.15) is 49.4 Å². The quantitative estimate of drug-likeness (QED) is 0.862. The van der Waals surface area contributed by atoms with Crippen molar-refractivity contribution in [3.8, 4) is 17.5 Å². The van der Waals surface area contributed by atoms with Gasteiger partial charge in [-0.1, -0.05) is 36.1 Å². The average molecular weight is 317 g/mol. The molecule has 5 nitrogen and oxygen atoms in total. The van der Waals surface area contributed by atoms with Crippen LogP contribution in [-0.2, 0) is 0 Å². The molecule has 6 heteroatoms. The van der Waals surface area contributed by atoms with Crippen LogP contribution >= 0.6 is 11.6 Å². The van der Waals surface area contributed by atoms with Crippen LogP contribution in [0, 0.1) is 11.3 Å². The van der Waals surface area contributed by atoms with E-state index in [-0.39, 0.29) is 0 Å². The van der Waals surface area contributed by atoms with Gasteiger partial charge >= 0.3 is 0 Å². The second kappa shape index (κ2) is 6.37. The summed E-state index contributed by atoms with van der Waals surface area (Å²) in [4.78, 5) is 0. The molecule has 22 heavy (non-hydrogen) atoms. The highest BCUT2D eigenvalue weighted by atomic mass is 35.5. The third-order valence-electron chi connectivity index (χ3n) is 4.17. The maximum Gasteiger partial charge on any atom is 0.186 e. The highest BCUT2D eigenvalue weighted by Crippen LogP contribution is 2.36. The summed E-state index contributed by atoms with van der Waals surface area (Å²) in [6, 6.07) is 7.53. The minimum Gasteiger partial charge on any atom is -0.494 e. The molecule has 114 valence electrons. The summed E-state index contributed by atoms with van der Waals surface area (Å²) >= 11 is 6.12. The van der Waals surface area contributed by atoms with E-state index in [9.17, 15) is 5.26 Å². The van der Waals surface area contributed by atoms with Gasteiger partial charge in [0, 0.05) is 10.9 Å². The highest BCUT2D eigenvalue weighted by Gasteiger charge is 2.26. The van der Waals surface area contributed by atoms with E-state index in [1.165, 1.54) is 19.3 Å². The lowest BCUT2D eigenvalue weighted by Gasteiger charge is -2.22. The number of ether oxygens (including phenoxy) is 1. The van der Waals surface area contributed by atoms with Gasteiger partial charge in [-0.3, -0.25) is 0 Å². The largest absolute Gasteiger partial charge is 0.494 e. The molecule has 0 unspecified atom stereocenters. The summed E-state index contributed by atoms with van der Waals surface area (Å²) in [7, 11) is 1.61. The molecule has 0 saturated heterocycles. The predicted octanol–water partition coefficient (Wildman–Crippen LogP) is 3.85. The van der Waals surface area contributed by atoms with E-state index in [1.807, 2.05) is 0 Å². The third kappa shape index (κ3) is 2.67. The Morgan fingerprint density at radius 1 is 1.32 bits per heavy atom. The lowest BCUT2D eigenvalue weighted by Crippen LogP contribution is -2.13. The van der Waals surface area contributed by atoms with E-state index in [1.54, 1.807) is 30.0 Å². The first-order valence-corrected chi connectivity index (χ1v) is 7.82. The molecule has 1 heterocycles. The second-order valence-electron chi connectivity index (χ2n) is 5.50. The summed E-state index contributed by atoms with van der Waals surface area (Å²) in [5.74, 6) is 0.970. The fourth-order valence-corrected chi connectivity index (χ4v) is 3.28. The van der Waals surface area contributed by atoms with Gasteiger partial charge < -0.3 is 4.74 Å². The first-order chi connectivity index (χ1) is 10.7. The minimum absolute atomic E-state index is 0.307. The average Bonchev–Trinajstić information content (AvgIpc) is 2.99. The van der Waals surface area contributed by atoms with Gasteiger partial charge in [0.1, 0.15) is 17.5 Å². The van der Waals surface area contributed by atoms with Gasteiger partial charge in [0.2, 0.25) is 0 Å². The molecule has 0 spiro atoms. The fourth-order valence-electron chi connectivity index (χ4n) is 3.12. The van der Waals surface area contributed by atoms with Crippen LogP contribution in [0.15, 0.2) is 18.2 Å². The summed E-state index contributed by atoms with van der Waals surface area (Å²) in [5, 5.41) is 18.2. The van der Waals surface area contributed by atoms with E-state index in [0.29, 0.717) is 22.4 Å². The van der Waals surface area contributed by atoms with Crippen molar-refractivity contribution in [3.05, 3.63) is 34.6 Å². The lowest BCUT2D eigenvalue weighted by atomic mass is 9.86. The molecular formula is C16H17ClN4O. The van der Waals surface area contributed by atoms with Crippen molar-refractivity contribution in [2.45, 2.75) is 38.0 Å². The van der Waals surface area contributed by atoms with Crippen LogP contribution in [0.25, 0.3) is 5.69 Å². The van der Waals surface area contributed by atoms with Crippen molar-refractivity contribution in [1.82, 2.24) is 15.0 Å². The number of aromatic nitrogens is 3. The van der Waals surface area contributed by atoms with Gasteiger partial charge in [-0.25, -0.2) is 4.68 Å². The topological polar surface area (TPSA) is 63.7 Å². The molecule has 1 aliphatic rings. The molecule has 1 saturated carbocycles. The molecule has 0 N–H and O–H groups in total. The first-order valence-electron chi connectivity index (χ1n) is 7.44. The summed E-state index contributed by atoms with van der Waals surface area (Å²) in [5.41, 5.74) is 2.00. The Bertz CT molecular complexity index is 713. The van der Waals surface area contributed by atoms with Gasteiger partial charge in [-0.15, -0.1) is 5.10 Å². The molecule has 3 rings (SSSR count). The molecule has 0 bridgehead atoms. The SMILES string of the molecule is COc1ccc(Cl)cc1-n1nnc(C#N)c1C1CCCCC1.